The molecule has 4 nitrogen and oxygen atoms in total. The highest BCUT2D eigenvalue weighted by Crippen LogP contribution is 2.30. The van der Waals surface area contributed by atoms with Crippen molar-refractivity contribution in [2.24, 2.45) is 0 Å². The third-order valence-electron chi connectivity index (χ3n) is 3.35. The smallest absolute Gasteiger partial charge is 0.326 e. The molecule has 3 N–H and O–H groups in total. The lowest BCUT2D eigenvalue weighted by Gasteiger charge is -2.18. The Hall–Kier alpha value is -2.20. The zero-order valence-electron chi connectivity index (χ0n) is 10.8. The van der Waals surface area contributed by atoms with Gasteiger partial charge in [-0.25, -0.2) is 4.79 Å². The van der Waals surface area contributed by atoms with Crippen LogP contribution in [0.2, 0.25) is 5.02 Å². The van der Waals surface area contributed by atoms with Gasteiger partial charge >= 0.3 is 6.03 Å². The van der Waals surface area contributed by atoms with E-state index in [1.54, 1.807) is 29.2 Å². The third kappa shape index (κ3) is 2.42. The molecule has 0 saturated carbocycles. The number of nitrogens with two attached hydrogens (primary N) is 1. The van der Waals surface area contributed by atoms with Crippen molar-refractivity contribution in [2.75, 3.05) is 22.5 Å². The van der Waals surface area contributed by atoms with Crippen LogP contribution in [0.1, 0.15) is 5.56 Å². The van der Waals surface area contributed by atoms with E-state index in [0.717, 1.165) is 23.4 Å². The Bertz CT molecular complexity index is 655. The predicted octanol–water partition coefficient (Wildman–Crippen LogP) is 3.52. The molecule has 0 aliphatic carbocycles. The van der Waals surface area contributed by atoms with Gasteiger partial charge in [0.05, 0.1) is 5.69 Å². The van der Waals surface area contributed by atoms with Crippen molar-refractivity contribution in [3.63, 3.8) is 0 Å². The van der Waals surface area contributed by atoms with Crippen LogP contribution in [0.5, 0.6) is 0 Å². The molecule has 2 amide bonds. The Morgan fingerprint density at radius 3 is 2.70 bits per heavy atom. The van der Waals surface area contributed by atoms with Crippen molar-refractivity contribution < 1.29 is 4.79 Å². The SMILES string of the molecule is Nc1ccc2c(c1)N(C(=O)Nc1ccc(Cl)cc1)CC2. The molecule has 0 atom stereocenters. The summed E-state index contributed by atoms with van der Waals surface area (Å²) >= 11 is 5.82. The van der Waals surface area contributed by atoms with Crippen molar-refractivity contribution in [3.05, 3.63) is 53.1 Å². The number of benzene rings is 2. The normalized spacial score (nSPS) is 13.2. The van der Waals surface area contributed by atoms with Crippen LogP contribution in [0.25, 0.3) is 0 Å². The zero-order chi connectivity index (χ0) is 14.1. The predicted molar refractivity (Wildman–Crippen MR) is 82.4 cm³/mol. The highest BCUT2D eigenvalue weighted by Gasteiger charge is 2.24. The molecule has 102 valence electrons. The number of fused-ring (bicyclic) bond motifs is 1. The minimum atomic E-state index is -0.156. The largest absolute Gasteiger partial charge is 0.399 e. The van der Waals surface area contributed by atoms with Gasteiger partial charge in [0.25, 0.3) is 0 Å². The number of nitrogen functional groups attached to an aromatic ring is 1. The van der Waals surface area contributed by atoms with E-state index in [1.807, 2.05) is 18.2 Å². The van der Waals surface area contributed by atoms with E-state index >= 15 is 0 Å². The van der Waals surface area contributed by atoms with E-state index in [9.17, 15) is 4.79 Å². The van der Waals surface area contributed by atoms with Crippen LogP contribution in [0.4, 0.5) is 21.9 Å². The monoisotopic (exact) mass is 287 g/mol. The fourth-order valence-corrected chi connectivity index (χ4v) is 2.46. The van der Waals surface area contributed by atoms with Crippen LogP contribution in [0.15, 0.2) is 42.5 Å². The summed E-state index contributed by atoms with van der Waals surface area (Å²) in [6.07, 6.45) is 0.851. The summed E-state index contributed by atoms with van der Waals surface area (Å²) in [5.41, 5.74) is 9.20. The molecular weight excluding hydrogens is 274 g/mol. The fraction of sp³-hybridized carbons (Fsp3) is 0.133. The lowest BCUT2D eigenvalue weighted by atomic mass is 10.1. The lowest BCUT2D eigenvalue weighted by Crippen LogP contribution is -2.33. The van der Waals surface area contributed by atoms with Crippen LogP contribution in [0, 0.1) is 0 Å². The van der Waals surface area contributed by atoms with Crippen LogP contribution >= 0.6 is 11.6 Å². The molecule has 0 spiro atoms. The minimum absolute atomic E-state index is 0.156. The Morgan fingerprint density at radius 1 is 1.20 bits per heavy atom. The van der Waals surface area contributed by atoms with E-state index in [-0.39, 0.29) is 6.03 Å². The number of amides is 2. The number of nitrogens with one attached hydrogen (secondary N) is 1. The molecule has 3 rings (SSSR count). The molecule has 1 heterocycles. The first-order chi connectivity index (χ1) is 9.63. The Labute approximate surface area is 122 Å². The molecule has 20 heavy (non-hydrogen) atoms. The lowest BCUT2D eigenvalue weighted by molar-refractivity contribution is 0.257. The number of urea groups is 1. The molecule has 1 aliphatic heterocycles. The topological polar surface area (TPSA) is 58.4 Å². The number of halogens is 1. The quantitative estimate of drug-likeness (QED) is 0.789. The summed E-state index contributed by atoms with van der Waals surface area (Å²) < 4.78 is 0. The Balaban J connectivity index is 1.80. The van der Waals surface area contributed by atoms with Crippen LogP contribution < -0.4 is 16.0 Å². The molecule has 0 unspecified atom stereocenters. The number of hydrogen-bond donors (Lipinski definition) is 2. The van der Waals surface area contributed by atoms with E-state index in [2.05, 4.69) is 5.32 Å². The summed E-state index contributed by atoms with van der Waals surface area (Å²) in [5, 5.41) is 3.50. The maximum absolute atomic E-state index is 12.3. The number of nitrogens with zero attached hydrogens (tertiary/aromatic N) is 1. The molecular formula is C15H14ClN3O. The van der Waals surface area contributed by atoms with Gasteiger partial charge in [-0.1, -0.05) is 17.7 Å². The van der Waals surface area contributed by atoms with Crippen molar-refractivity contribution in [2.45, 2.75) is 6.42 Å². The summed E-state index contributed by atoms with van der Waals surface area (Å²) in [6.45, 7) is 0.665. The molecule has 0 radical (unpaired) electrons. The first-order valence-corrected chi connectivity index (χ1v) is 6.74. The fourth-order valence-electron chi connectivity index (χ4n) is 2.33. The summed E-state index contributed by atoms with van der Waals surface area (Å²) in [7, 11) is 0. The van der Waals surface area contributed by atoms with E-state index in [0.29, 0.717) is 17.3 Å². The first kappa shape index (κ1) is 12.8. The van der Waals surface area contributed by atoms with Gasteiger partial charge in [0.15, 0.2) is 0 Å². The summed E-state index contributed by atoms with van der Waals surface area (Å²) in [5.74, 6) is 0. The van der Waals surface area contributed by atoms with Crippen molar-refractivity contribution in [3.8, 4) is 0 Å². The average molecular weight is 288 g/mol. The van der Waals surface area contributed by atoms with E-state index in [4.69, 9.17) is 17.3 Å². The van der Waals surface area contributed by atoms with Crippen LogP contribution in [0.3, 0.4) is 0 Å². The van der Waals surface area contributed by atoms with Gasteiger partial charge < -0.3 is 11.1 Å². The number of rotatable bonds is 1. The van der Waals surface area contributed by atoms with Gasteiger partial charge in [-0.05, 0) is 48.4 Å². The maximum Gasteiger partial charge on any atom is 0.326 e. The van der Waals surface area contributed by atoms with Crippen molar-refractivity contribution in [1.82, 2.24) is 0 Å². The number of hydrogen-bond acceptors (Lipinski definition) is 2. The highest BCUT2D eigenvalue weighted by molar-refractivity contribution is 6.30. The molecule has 0 bridgehead atoms. The molecule has 2 aromatic carbocycles. The average Bonchev–Trinajstić information content (AvgIpc) is 2.84. The molecule has 1 aliphatic rings. The molecule has 0 saturated heterocycles. The number of anilines is 3. The molecule has 2 aromatic rings. The minimum Gasteiger partial charge on any atom is -0.399 e. The maximum atomic E-state index is 12.3. The van der Waals surface area contributed by atoms with Gasteiger partial charge in [0.1, 0.15) is 0 Å². The number of carbonyl (C=O) groups is 1. The van der Waals surface area contributed by atoms with E-state index < -0.39 is 0 Å². The second-order valence-electron chi connectivity index (χ2n) is 4.73. The second-order valence-corrected chi connectivity index (χ2v) is 5.16. The summed E-state index contributed by atoms with van der Waals surface area (Å²) in [6, 6.07) is 12.5. The first-order valence-electron chi connectivity index (χ1n) is 6.36. The molecule has 0 aromatic heterocycles. The third-order valence-corrected chi connectivity index (χ3v) is 3.60. The highest BCUT2D eigenvalue weighted by atomic mass is 35.5. The van der Waals surface area contributed by atoms with Gasteiger partial charge in [0.2, 0.25) is 0 Å². The second kappa shape index (κ2) is 5.06. The zero-order valence-corrected chi connectivity index (χ0v) is 11.5. The van der Waals surface area contributed by atoms with Gasteiger partial charge in [-0.3, -0.25) is 4.90 Å². The van der Waals surface area contributed by atoms with Crippen molar-refractivity contribution in [1.29, 1.82) is 0 Å². The standard InChI is InChI=1S/C15H14ClN3O/c16-11-2-5-13(6-3-11)18-15(20)19-8-7-10-1-4-12(17)9-14(10)19/h1-6,9H,7-8,17H2,(H,18,20). The Morgan fingerprint density at radius 2 is 1.95 bits per heavy atom. The molecule has 5 heteroatoms. The Kier molecular flexibility index (Phi) is 3.24. The van der Waals surface area contributed by atoms with Crippen LogP contribution in [-0.4, -0.2) is 12.6 Å². The number of carbonyl (C=O) groups excluding carboxylic acids is 1. The van der Waals surface area contributed by atoms with Gasteiger partial charge in [-0.2, -0.15) is 0 Å². The molecule has 0 fully saturated rings. The van der Waals surface area contributed by atoms with Gasteiger partial charge in [0, 0.05) is 22.9 Å². The van der Waals surface area contributed by atoms with Crippen LogP contribution in [-0.2, 0) is 6.42 Å². The van der Waals surface area contributed by atoms with E-state index in [1.165, 1.54) is 0 Å². The summed E-state index contributed by atoms with van der Waals surface area (Å²) in [4.78, 5) is 14.0. The van der Waals surface area contributed by atoms with Gasteiger partial charge in [-0.15, -0.1) is 0 Å². The van der Waals surface area contributed by atoms with Crippen molar-refractivity contribution >= 4 is 34.7 Å².